The van der Waals surface area contributed by atoms with Crippen molar-refractivity contribution in [2.45, 2.75) is 56.9 Å². The molecule has 4 unspecified atom stereocenters. The van der Waals surface area contributed by atoms with Crippen molar-refractivity contribution in [2.24, 2.45) is 11.8 Å². The highest BCUT2D eigenvalue weighted by atomic mass is 15.0. The van der Waals surface area contributed by atoms with Crippen molar-refractivity contribution >= 4 is 33.3 Å². The first-order chi connectivity index (χ1) is 26.2. The summed E-state index contributed by atoms with van der Waals surface area (Å²) in [5.74, 6) is 1.37. The van der Waals surface area contributed by atoms with Gasteiger partial charge in [-0.2, -0.15) is 0 Å². The van der Waals surface area contributed by atoms with E-state index in [-0.39, 0.29) is 0 Å². The lowest BCUT2D eigenvalue weighted by Gasteiger charge is -2.37. The van der Waals surface area contributed by atoms with Gasteiger partial charge in [-0.25, -0.2) is 0 Å². The number of fused-ring (bicyclic) bond motifs is 5. The Hall–Kier alpha value is -5.60. The molecule has 1 aliphatic heterocycles. The van der Waals surface area contributed by atoms with Gasteiger partial charge < -0.3 is 10.6 Å². The second-order valence-corrected chi connectivity index (χ2v) is 15.6. The van der Waals surface area contributed by atoms with E-state index < -0.39 is 0 Å². The molecule has 4 atom stereocenters. The molecule has 0 saturated heterocycles. The maximum atomic E-state index is 4.02. The van der Waals surface area contributed by atoms with Gasteiger partial charge in [0.15, 0.2) is 0 Å². The van der Waals surface area contributed by atoms with Crippen molar-refractivity contribution in [1.29, 1.82) is 0 Å². The first kappa shape index (κ1) is 32.1. The number of rotatable bonds is 6. The van der Waals surface area contributed by atoms with E-state index in [1.807, 2.05) is 0 Å². The minimum Gasteiger partial charge on any atom is -0.381 e. The summed E-state index contributed by atoms with van der Waals surface area (Å²) in [7, 11) is 0. The zero-order valence-electron chi connectivity index (χ0n) is 30.3. The normalized spacial score (nSPS) is 23.4. The Morgan fingerprint density at radius 1 is 0.698 bits per heavy atom. The van der Waals surface area contributed by atoms with E-state index in [1.165, 1.54) is 79.7 Å². The Labute approximate surface area is 314 Å². The standard InChI is InChI=1S/C51H46N2/c1-2-12-34(13-3-1)41-32-49(53-50(33-41)40-23-22-35-14-4-5-16-38(35)30-40)37-24-27-42(28-25-37)52-48-21-11-10-20-45(48)47-31-39-17-7-8-18-43(39)46-29-26-36-15-6-9-19-44(36)51(46)47/h1-6,8-16,18-24,27-28,30,33,37,39,41,49,52-53H,7,17,25-26,29,31-32H2. The van der Waals surface area contributed by atoms with E-state index in [9.17, 15) is 0 Å². The van der Waals surface area contributed by atoms with E-state index in [1.54, 1.807) is 11.1 Å². The fourth-order valence-corrected chi connectivity index (χ4v) is 9.75. The first-order valence-electron chi connectivity index (χ1n) is 19.7. The molecule has 10 rings (SSSR count). The fraction of sp³-hybridized carbons (Fsp3) is 0.216. The zero-order valence-corrected chi connectivity index (χ0v) is 30.3. The maximum absolute atomic E-state index is 4.02. The molecule has 5 aliphatic rings. The van der Waals surface area contributed by atoms with Crippen LogP contribution in [0.25, 0.3) is 27.6 Å². The molecule has 53 heavy (non-hydrogen) atoms. The summed E-state index contributed by atoms with van der Waals surface area (Å²) in [4.78, 5) is 0. The minimum absolute atomic E-state index is 0.331. The third kappa shape index (κ3) is 6.11. The minimum atomic E-state index is 0.331. The molecular weight excluding hydrogens is 641 g/mol. The maximum Gasteiger partial charge on any atom is 0.0460 e. The largest absolute Gasteiger partial charge is 0.381 e. The van der Waals surface area contributed by atoms with E-state index in [0.29, 0.717) is 23.8 Å². The molecule has 1 heterocycles. The Morgan fingerprint density at radius 3 is 2.40 bits per heavy atom. The summed E-state index contributed by atoms with van der Waals surface area (Å²) in [6.45, 7) is 0. The van der Waals surface area contributed by atoms with E-state index >= 15 is 0 Å². The predicted octanol–water partition coefficient (Wildman–Crippen LogP) is 12.4. The van der Waals surface area contributed by atoms with Crippen LogP contribution in [-0.2, 0) is 6.42 Å². The number of para-hydroxylation sites is 1. The van der Waals surface area contributed by atoms with Gasteiger partial charge in [-0.15, -0.1) is 0 Å². The molecule has 5 aromatic carbocycles. The Bertz CT molecular complexity index is 2400. The Balaban J connectivity index is 0.936. The van der Waals surface area contributed by atoms with Gasteiger partial charge in [0, 0.05) is 40.5 Å². The van der Waals surface area contributed by atoms with Crippen molar-refractivity contribution in [2.75, 3.05) is 5.32 Å². The topological polar surface area (TPSA) is 24.1 Å². The lowest BCUT2D eigenvalue weighted by molar-refractivity contribution is 0.402. The van der Waals surface area contributed by atoms with Crippen LogP contribution < -0.4 is 10.6 Å². The van der Waals surface area contributed by atoms with Crippen LogP contribution in [0.3, 0.4) is 0 Å². The molecule has 2 N–H and O–H groups in total. The second-order valence-electron chi connectivity index (χ2n) is 15.6. The van der Waals surface area contributed by atoms with Gasteiger partial charge in [-0.05, 0) is 124 Å². The zero-order chi connectivity index (χ0) is 35.1. The molecule has 4 aliphatic carbocycles. The van der Waals surface area contributed by atoms with Crippen LogP contribution in [0, 0.1) is 11.8 Å². The molecular formula is C51H46N2. The number of anilines is 1. The van der Waals surface area contributed by atoms with Crippen LogP contribution in [0.1, 0.15) is 72.3 Å². The van der Waals surface area contributed by atoms with Crippen molar-refractivity contribution < 1.29 is 0 Å². The molecule has 0 aromatic heterocycles. The molecule has 0 amide bonds. The number of aryl methyl sites for hydroxylation is 1. The molecule has 2 heteroatoms. The average molecular weight is 687 g/mol. The second kappa shape index (κ2) is 13.7. The molecule has 0 saturated carbocycles. The molecule has 0 radical (unpaired) electrons. The number of allylic oxidation sites excluding steroid dienone is 9. The SMILES string of the molecule is C1=CC2=C3CCc4ccccc4C3=C(c3ccccc3NC3=CCC(C4CC(c5ccccc5)C=C(c5ccc6ccccc6c5)N4)C=C3)CC2CC1. The smallest absolute Gasteiger partial charge is 0.0460 e. The number of benzene rings is 5. The highest BCUT2D eigenvalue weighted by Crippen LogP contribution is 2.52. The highest BCUT2D eigenvalue weighted by molar-refractivity contribution is 6.04. The summed E-state index contributed by atoms with van der Waals surface area (Å²) >= 11 is 0. The molecule has 5 aromatic rings. The molecule has 0 spiro atoms. The van der Waals surface area contributed by atoms with Crippen LogP contribution in [-0.4, -0.2) is 6.04 Å². The van der Waals surface area contributed by atoms with Gasteiger partial charge in [0.25, 0.3) is 0 Å². The quantitative estimate of drug-likeness (QED) is 0.186. The van der Waals surface area contributed by atoms with Crippen LogP contribution >= 0.6 is 0 Å². The summed E-state index contributed by atoms with van der Waals surface area (Å²) in [6, 6.07) is 45.1. The molecule has 0 fully saturated rings. The van der Waals surface area contributed by atoms with Crippen molar-refractivity contribution in [3.05, 3.63) is 202 Å². The van der Waals surface area contributed by atoms with Crippen molar-refractivity contribution in [3.8, 4) is 0 Å². The van der Waals surface area contributed by atoms with Crippen LogP contribution in [0.15, 0.2) is 175 Å². The van der Waals surface area contributed by atoms with Crippen molar-refractivity contribution in [1.82, 2.24) is 5.32 Å². The highest BCUT2D eigenvalue weighted by Gasteiger charge is 2.34. The van der Waals surface area contributed by atoms with E-state index in [4.69, 9.17) is 0 Å². The van der Waals surface area contributed by atoms with E-state index in [0.717, 1.165) is 32.1 Å². The van der Waals surface area contributed by atoms with Crippen LogP contribution in [0.5, 0.6) is 0 Å². The summed E-state index contributed by atoms with van der Waals surface area (Å²) < 4.78 is 0. The monoisotopic (exact) mass is 686 g/mol. The lowest BCUT2D eigenvalue weighted by Crippen LogP contribution is -2.39. The third-order valence-electron chi connectivity index (χ3n) is 12.4. The number of hydrogen-bond donors (Lipinski definition) is 2. The van der Waals surface area contributed by atoms with Crippen LogP contribution in [0.4, 0.5) is 5.69 Å². The van der Waals surface area contributed by atoms with Gasteiger partial charge in [0.05, 0.1) is 0 Å². The molecule has 0 bridgehead atoms. The summed E-state index contributed by atoms with van der Waals surface area (Å²) in [5.41, 5.74) is 16.8. The summed E-state index contributed by atoms with van der Waals surface area (Å²) in [6.07, 6.45) is 22.4. The van der Waals surface area contributed by atoms with Gasteiger partial charge >= 0.3 is 0 Å². The Kier molecular flexibility index (Phi) is 8.32. The molecule has 2 nitrogen and oxygen atoms in total. The van der Waals surface area contributed by atoms with Gasteiger partial charge in [-0.3, -0.25) is 0 Å². The number of hydrogen-bond acceptors (Lipinski definition) is 2. The Morgan fingerprint density at radius 2 is 1.51 bits per heavy atom. The number of nitrogens with one attached hydrogen (secondary N) is 2. The van der Waals surface area contributed by atoms with Gasteiger partial charge in [0.2, 0.25) is 0 Å². The first-order valence-corrected chi connectivity index (χ1v) is 19.7. The van der Waals surface area contributed by atoms with Crippen molar-refractivity contribution in [3.63, 3.8) is 0 Å². The van der Waals surface area contributed by atoms with E-state index in [2.05, 4.69) is 168 Å². The van der Waals surface area contributed by atoms with Gasteiger partial charge in [0.1, 0.15) is 0 Å². The fourth-order valence-electron chi connectivity index (χ4n) is 9.75. The van der Waals surface area contributed by atoms with Gasteiger partial charge in [-0.1, -0.05) is 140 Å². The van der Waals surface area contributed by atoms with Crippen LogP contribution in [0.2, 0.25) is 0 Å². The lowest BCUT2D eigenvalue weighted by atomic mass is 9.67. The predicted molar refractivity (Wildman–Crippen MR) is 223 cm³/mol. The summed E-state index contributed by atoms with van der Waals surface area (Å²) in [5, 5.41) is 10.5. The molecule has 260 valence electrons. The average Bonchev–Trinajstić information content (AvgIpc) is 3.23. The third-order valence-corrected chi connectivity index (χ3v) is 12.4.